The Kier molecular flexibility index (Phi) is 11.1. The molecule has 1 aliphatic rings. The van der Waals surface area contributed by atoms with Gasteiger partial charge in [0.25, 0.3) is 0 Å². The Bertz CT molecular complexity index is 572. The highest BCUT2D eigenvalue weighted by Crippen LogP contribution is 2.17. The molecule has 0 aromatic heterocycles. The lowest BCUT2D eigenvalue weighted by Crippen LogP contribution is -2.40. The summed E-state index contributed by atoms with van der Waals surface area (Å²) in [6.45, 7) is 9.23. The number of guanidine groups is 1. The molecule has 1 fully saturated rings. The number of nitrogens with one attached hydrogen (secondary N) is 1. The molecule has 1 aromatic rings. The van der Waals surface area contributed by atoms with Crippen molar-refractivity contribution < 1.29 is 13.9 Å². The molecule has 0 saturated carbocycles. The molecule has 5 nitrogen and oxygen atoms in total. The second-order valence-electron chi connectivity index (χ2n) is 6.29. The smallest absolute Gasteiger partial charge is 0.194 e. The Morgan fingerprint density at radius 2 is 2.19 bits per heavy atom. The van der Waals surface area contributed by atoms with Crippen LogP contribution in [0.5, 0.6) is 0 Å². The van der Waals surface area contributed by atoms with Gasteiger partial charge in [-0.3, -0.25) is 0 Å². The van der Waals surface area contributed by atoms with Gasteiger partial charge in [-0.05, 0) is 38.0 Å². The van der Waals surface area contributed by atoms with Crippen LogP contribution in [0.4, 0.5) is 4.39 Å². The molecule has 1 atom stereocenters. The standard InChI is InChI=1S/C19H30FN3O2.HI/c1-4-21-19(23-9-8-16(12-23)13-25-5-2)22-11-15-6-7-18(20)17(10-15)14-24-3;/h6-7,10,16H,4-5,8-9,11-14H2,1-3H3,(H,21,22);1H. The predicted octanol–water partition coefficient (Wildman–Crippen LogP) is 3.41. The summed E-state index contributed by atoms with van der Waals surface area (Å²) in [6.07, 6.45) is 1.12. The van der Waals surface area contributed by atoms with E-state index >= 15 is 0 Å². The molecule has 1 aliphatic heterocycles. The molecule has 7 heteroatoms. The minimum atomic E-state index is -0.236. The van der Waals surface area contributed by atoms with Gasteiger partial charge >= 0.3 is 0 Å². The van der Waals surface area contributed by atoms with Gasteiger partial charge in [0.2, 0.25) is 0 Å². The van der Waals surface area contributed by atoms with Crippen molar-refractivity contribution in [2.45, 2.75) is 33.4 Å². The second kappa shape index (κ2) is 12.5. The Balaban J connectivity index is 0.00000338. The molecule has 0 amide bonds. The van der Waals surface area contributed by atoms with E-state index in [4.69, 9.17) is 14.5 Å². The van der Waals surface area contributed by atoms with E-state index in [1.807, 2.05) is 13.0 Å². The molecule has 1 saturated heterocycles. The van der Waals surface area contributed by atoms with Crippen LogP contribution < -0.4 is 5.32 Å². The van der Waals surface area contributed by atoms with Gasteiger partial charge < -0.3 is 19.7 Å². The fourth-order valence-corrected chi connectivity index (χ4v) is 3.03. The number of aliphatic imine (C=N–C) groups is 1. The molecule has 0 radical (unpaired) electrons. The summed E-state index contributed by atoms with van der Waals surface area (Å²) in [6, 6.07) is 5.09. The summed E-state index contributed by atoms with van der Waals surface area (Å²) < 4.78 is 24.3. The average molecular weight is 479 g/mol. The number of halogens is 2. The summed E-state index contributed by atoms with van der Waals surface area (Å²) in [7, 11) is 1.57. The minimum absolute atomic E-state index is 0. The number of hydrogen-bond acceptors (Lipinski definition) is 3. The van der Waals surface area contributed by atoms with Crippen LogP contribution in [-0.4, -0.2) is 50.8 Å². The van der Waals surface area contributed by atoms with Crippen molar-refractivity contribution in [3.8, 4) is 0 Å². The predicted molar refractivity (Wildman–Crippen MR) is 114 cm³/mol. The van der Waals surface area contributed by atoms with E-state index in [2.05, 4.69) is 17.1 Å². The summed E-state index contributed by atoms with van der Waals surface area (Å²) in [5, 5.41) is 3.36. The summed E-state index contributed by atoms with van der Waals surface area (Å²) in [4.78, 5) is 7.02. The number of ether oxygens (including phenoxy) is 2. The molecule has 0 bridgehead atoms. The van der Waals surface area contributed by atoms with E-state index in [9.17, 15) is 4.39 Å². The van der Waals surface area contributed by atoms with Crippen LogP contribution in [0.2, 0.25) is 0 Å². The van der Waals surface area contributed by atoms with E-state index in [1.54, 1.807) is 13.2 Å². The van der Waals surface area contributed by atoms with Crippen molar-refractivity contribution in [2.24, 2.45) is 10.9 Å². The quantitative estimate of drug-likeness (QED) is 0.353. The van der Waals surface area contributed by atoms with Crippen LogP contribution in [0.1, 0.15) is 31.4 Å². The average Bonchev–Trinajstić information content (AvgIpc) is 3.08. The van der Waals surface area contributed by atoms with Gasteiger partial charge in [-0.15, -0.1) is 24.0 Å². The van der Waals surface area contributed by atoms with Crippen molar-refractivity contribution in [3.05, 3.63) is 35.1 Å². The number of methoxy groups -OCH3 is 1. The number of nitrogens with zero attached hydrogens (tertiary/aromatic N) is 2. The first-order chi connectivity index (χ1) is 12.2. The normalized spacial score (nSPS) is 17.3. The number of rotatable bonds is 8. The molecule has 0 spiro atoms. The first-order valence-corrected chi connectivity index (χ1v) is 9.05. The zero-order valence-electron chi connectivity index (χ0n) is 16.0. The zero-order chi connectivity index (χ0) is 18.1. The molecule has 1 heterocycles. The highest BCUT2D eigenvalue weighted by Gasteiger charge is 2.24. The van der Waals surface area contributed by atoms with Gasteiger partial charge in [-0.2, -0.15) is 0 Å². The fourth-order valence-electron chi connectivity index (χ4n) is 3.03. The van der Waals surface area contributed by atoms with Crippen molar-refractivity contribution in [1.29, 1.82) is 0 Å². The maximum absolute atomic E-state index is 13.7. The third kappa shape index (κ3) is 7.00. The molecule has 1 aromatic carbocycles. The Hall–Kier alpha value is -0.930. The van der Waals surface area contributed by atoms with Gasteiger partial charge in [0, 0.05) is 44.8 Å². The number of hydrogen-bond donors (Lipinski definition) is 1. The van der Waals surface area contributed by atoms with E-state index in [0.717, 1.165) is 50.8 Å². The lowest BCUT2D eigenvalue weighted by molar-refractivity contribution is 0.114. The van der Waals surface area contributed by atoms with Crippen LogP contribution in [-0.2, 0) is 22.6 Å². The zero-order valence-corrected chi connectivity index (χ0v) is 18.3. The van der Waals surface area contributed by atoms with Crippen molar-refractivity contribution >= 4 is 29.9 Å². The Labute approximate surface area is 173 Å². The monoisotopic (exact) mass is 479 g/mol. The van der Waals surface area contributed by atoms with E-state index in [1.165, 1.54) is 6.07 Å². The SMILES string of the molecule is CCNC(=NCc1ccc(F)c(COC)c1)N1CCC(COCC)C1.I. The topological polar surface area (TPSA) is 46.1 Å². The highest BCUT2D eigenvalue weighted by atomic mass is 127. The molecule has 1 unspecified atom stereocenters. The molecule has 1 N–H and O–H groups in total. The molecular formula is C19H31FIN3O2. The van der Waals surface area contributed by atoms with Gasteiger partial charge in [-0.1, -0.05) is 6.07 Å². The summed E-state index contributed by atoms with van der Waals surface area (Å²) in [5.41, 5.74) is 1.55. The fraction of sp³-hybridized carbons (Fsp3) is 0.632. The van der Waals surface area contributed by atoms with Crippen LogP contribution in [0.15, 0.2) is 23.2 Å². The largest absolute Gasteiger partial charge is 0.381 e. The minimum Gasteiger partial charge on any atom is -0.381 e. The van der Waals surface area contributed by atoms with Crippen LogP contribution in [0, 0.1) is 11.7 Å². The summed E-state index contributed by atoms with van der Waals surface area (Å²) >= 11 is 0. The summed E-state index contributed by atoms with van der Waals surface area (Å²) in [5.74, 6) is 1.24. The Morgan fingerprint density at radius 3 is 2.88 bits per heavy atom. The van der Waals surface area contributed by atoms with E-state index in [-0.39, 0.29) is 36.4 Å². The van der Waals surface area contributed by atoms with Crippen molar-refractivity contribution in [3.63, 3.8) is 0 Å². The van der Waals surface area contributed by atoms with Crippen LogP contribution in [0.3, 0.4) is 0 Å². The highest BCUT2D eigenvalue weighted by molar-refractivity contribution is 14.0. The van der Waals surface area contributed by atoms with Gasteiger partial charge in [0.1, 0.15) is 5.82 Å². The molecular weight excluding hydrogens is 448 g/mol. The van der Waals surface area contributed by atoms with Gasteiger partial charge in [0.15, 0.2) is 5.96 Å². The van der Waals surface area contributed by atoms with Crippen LogP contribution in [0.25, 0.3) is 0 Å². The molecule has 26 heavy (non-hydrogen) atoms. The lowest BCUT2D eigenvalue weighted by Gasteiger charge is -2.21. The van der Waals surface area contributed by atoms with Crippen molar-refractivity contribution in [2.75, 3.05) is 40.0 Å². The molecule has 0 aliphatic carbocycles. The third-order valence-corrected chi connectivity index (χ3v) is 4.30. The second-order valence-corrected chi connectivity index (χ2v) is 6.29. The first-order valence-electron chi connectivity index (χ1n) is 9.05. The third-order valence-electron chi connectivity index (χ3n) is 4.30. The number of benzene rings is 1. The molecule has 148 valence electrons. The van der Waals surface area contributed by atoms with E-state index in [0.29, 0.717) is 18.0 Å². The number of likely N-dealkylation sites (tertiary alicyclic amines) is 1. The lowest BCUT2D eigenvalue weighted by atomic mass is 10.1. The van der Waals surface area contributed by atoms with E-state index < -0.39 is 0 Å². The van der Waals surface area contributed by atoms with Crippen LogP contribution >= 0.6 is 24.0 Å². The maximum Gasteiger partial charge on any atom is 0.194 e. The van der Waals surface area contributed by atoms with Gasteiger partial charge in [-0.25, -0.2) is 9.38 Å². The maximum atomic E-state index is 13.7. The Morgan fingerprint density at radius 1 is 1.38 bits per heavy atom. The first kappa shape index (κ1) is 23.1. The molecule has 2 rings (SSSR count). The van der Waals surface area contributed by atoms with Crippen molar-refractivity contribution in [1.82, 2.24) is 10.2 Å². The van der Waals surface area contributed by atoms with Gasteiger partial charge in [0.05, 0.1) is 19.8 Å².